The van der Waals surface area contributed by atoms with Crippen LogP contribution in [0.25, 0.3) is 22.2 Å². The molecule has 4 nitrogen and oxygen atoms in total. The topological polar surface area (TPSA) is 65.9 Å². The van der Waals surface area contributed by atoms with Crippen LogP contribution in [0, 0.1) is 0 Å². The zero-order valence-electron chi connectivity index (χ0n) is 9.91. The van der Waals surface area contributed by atoms with E-state index >= 15 is 0 Å². The molecule has 0 radical (unpaired) electrons. The van der Waals surface area contributed by atoms with Gasteiger partial charge in [-0.15, -0.1) is 0 Å². The lowest BCUT2D eigenvalue weighted by atomic mass is 10.0. The van der Waals surface area contributed by atoms with Gasteiger partial charge in [-0.1, -0.05) is 24.3 Å². The second-order valence-electron chi connectivity index (χ2n) is 4.10. The average molecular weight is 249 g/mol. The predicted octanol–water partition coefficient (Wildman–Crippen LogP) is 1.66. The first-order valence-electron chi connectivity index (χ1n) is 5.77. The van der Waals surface area contributed by atoms with E-state index in [1.54, 1.807) is 42.7 Å². The maximum atomic E-state index is 11.1. The summed E-state index contributed by atoms with van der Waals surface area (Å²) >= 11 is 0. The summed E-state index contributed by atoms with van der Waals surface area (Å²) in [6.07, 6.45) is 3.38. The number of carbonyl (C=O) groups excluding carboxylic acids is 1. The number of benzene rings is 1. The van der Waals surface area contributed by atoms with E-state index < -0.39 is 5.97 Å². The Kier molecular flexibility index (Phi) is 2.68. The largest absolute Gasteiger partial charge is 0.545 e. The molecule has 0 saturated carbocycles. The van der Waals surface area contributed by atoms with Gasteiger partial charge in [-0.3, -0.25) is 4.98 Å². The van der Waals surface area contributed by atoms with Crippen LogP contribution in [0.4, 0.5) is 0 Å². The third-order valence-electron chi connectivity index (χ3n) is 2.91. The molecule has 3 aromatic rings. The molecule has 3 rings (SSSR count). The van der Waals surface area contributed by atoms with Crippen LogP contribution in [0.15, 0.2) is 54.9 Å². The Morgan fingerprint density at radius 1 is 1.05 bits per heavy atom. The van der Waals surface area contributed by atoms with Gasteiger partial charge < -0.3 is 9.90 Å². The van der Waals surface area contributed by atoms with Crippen LogP contribution in [0.3, 0.4) is 0 Å². The van der Waals surface area contributed by atoms with Crippen molar-refractivity contribution >= 4 is 16.9 Å². The Labute approximate surface area is 109 Å². The highest BCUT2D eigenvalue weighted by Gasteiger charge is 2.07. The van der Waals surface area contributed by atoms with Crippen molar-refractivity contribution in [2.75, 3.05) is 0 Å². The van der Waals surface area contributed by atoms with Crippen LogP contribution in [0.1, 0.15) is 10.4 Å². The van der Waals surface area contributed by atoms with Crippen LogP contribution in [0.5, 0.6) is 0 Å². The molecule has 2 aromatic heterocycles. The molecule has 0 N–H and O–H groups in total. The minimum absolute atomic E-state index is 0.142. The minimum Gasteiger partial charge on any atom is -0.545 e. The number of carboxylic acid groups (broad SMARTS) is 1. The van der Waals surface area contributed by atoms with Gasteiger partial charge in [-0.05, 0) is 18.2 Å². The highest BCUT2D eigenvalue weighted by Crippen LogP contribution is 2.23. The van der Waals surface area contributed by atoms with Gasteiger partial charge in [0.05, 0.1) is 17.2 Å². The molecular weight excluding hydrogens is 240 g/mol. The van der Waals surface area contributed by atoms with Gasteiger partial charge in [0, 0.05) is 28.9 Å². The number of carboxylic acids is 1. The summed E-state index contributed by atoms with van der Waals surface area (Å²) in [5.74, 6) is -1.20. The molecule has 0 aliphatic carbocycles. The van der Waals surface area contributed by atoms with Gasteiger partial charge >= 0.3 is 0 Å². The molecule has 0 unspecified atom stereocenters. The first kappa shape index (κ1) is 11.3. The predicted molar refractivity (Wildman–Crippen MR) is 69.3 cm³/mol. The minimum atomic E-state index is -1.20. The molecule has 19 heavy (non-hydrogen) atoms. The molecule has 0 fully saturated rings. The quantitative estimate of drug-likeness (QED) is 0.692. The molecule has 0 atom stereocenters. The van der Waals surface area contributed by atoms with Crippen molar-refractivity contribution < 1.29 is 9.90 Å². The fraction of sp³-hybridized carbons (Fsp3) is 0. The lowest BCUT2D eigenvalue weighted by Gasteiger charge is -2.10. The van der Waals surface area contributed by atoms with Crippen LogP contribution in [-0.2, 0) is 0 Å². The van der Waals surface area contributed by atoms with E-state index in [0.717, 1.165) is 10.9 Å². The van der Waals surface area contributed by atoms with Gasteiger partial charge in [0.1, 0.15) is 0 Å². The summed E-state index contributed by atoms with van der Waals surface area (Å²) in [5, 5.41) is 12.0. The number of aromatic nitrogens is 2. The third-order valence-corrected chi connectivity index (χ3v) is 2.91. The van der Waals surface area contributed by atoms with Gasteiger partial charge in [-0.2, -0.15) is 0 Å². The van der Waals surface area contributed by atoms with E-state index in [9.17, 15) is 9.90 Å². The van der Waals surface area contributed by atoms with Crippen LogP contribution < -0.4 is 5.11 Å². The fourth-order valence-electron chi connectivity index (χ4n) is 2.00. The van der Waals surface area contributed by atoms with Crippen molar-refractivity contribution in [3.8, 4) is 11.3 Å². The van der Waals surface area contributed by atoms with Gasteiger partial charge in [0.15, 0.2) is 0 Å². The van der Waals surface area contributed by atoms with Gasteiger partial charge in [0.25, 0.3) is 0 Å². The SMILES string of the molecule is O=C([O-])c1ccccc1-c1ccc2cnccc2n1. The highest BCUT2D eigenvalue weighted by molar-refractivity contribution is 5.94. The van der Waals surface area contributed by atoms with Gasteiger partial charge in [0.2, 0.25) is 0 Å². The molecule has 0 amide bonds. The number of carbonyl (C=O) groups is 1. The first-order valence-corrected chi connectivity index (χ1v) is 5.77. The molecule has 2 heterocycles. The fourth-order valence-corrected chi connectivity index (χ4v) is 2.00. The maximum Gasteiger partial charge on any atom is 0.0740 e. The van der Waals surface area contributed by atoms with Gasteiger partial charge in [-0.25, -0.2) is 4.98 Å². The van der Waals surface area contributed by atoms with E-state index in [-0.39, 0.29) is 5.56 Å². The summed E-state index contributed by atoms with van der Waals surface area (Å²) in [4.78, 5) is 19.6. The number of aromatic carboxylic acids is 1. The van der Waals surface area contributed by atoms with Crippen molar-refractivity contribution in [3.05, 3.63) is 60.4 Å². The monoisotopic (exact) mass is 249 g/mol. The van der Waals surface area contributed by atoms with E-state index in [1.807, 2.05) is 6.07 Å². The summed E-state index contributed by atoms with van der Waals surface area (Å²) in [6, 6.07) is 12.1. The van der Waals surface area contributed by atoms with Crippen molar-refractivity contribution in [2.24, 2.45) is 0 Å². The molecule has 0 bridgehead atoms. The number of pyridine rings is 2. The molecule has 0 aliphatic rings. The first-order chi connectivity index (χ1) is 9.25. The second kappa shape index (κ2) is 4.49. The zero-order chi connectivity index (χ0) is 13.2. The van der Waals surface area contributed by atoms with Crippen LogP contribution in [0.2, 0.25) is 0 Å². The van der Waals surface area contributed by atoms with E-state index in [1.165, 1.54) is 6.07 Å². The maximum absolute atomic E-state index is 11.1. The number of fused-ring (bicyclic) bond motifs is 1. The normalized spacial score (nSPS) is 10.5. The van der Waals surface area contributed by atoms with E-state index in [2.05, 4.69) is 9.97 Å². The Morgan fingerprint density at radius 2 is 1.89 bits per heavy atom. The number of nitrogens with zero attached hydrogens (tertiary/aromatic N) is 2. The highest BCUT2D eigenvalue weighted by atomic mass is 16.4. The van der Waals surface area contributed by atoms with Crippen molar-refractivity contribution in [3.63, 3.8) is 0 Å². The van der Waals surface area contributed by atoms with Crippen LogP contribution >= 0.6 is 0 Å². The Morgan fingerprint density at radius 3 is 2.74 bits per heavy atom. The summed E-state index contributed by atoms with van der Waals surface area (Å²) in [7, 11) is 0. The Hall–Kier alpha value is -2.75. The number of rotatable bonds is 2. The molecule has 0 spiro atoms. The second-order valence-corrected chi connectivity index (χ2v) is 4.10. The molecule has 4 heteroatoms. The molecule has 0 saturated heterocycles. The molecule has 0 aliphatic heterocycles. The third kappa shape index (κ3) is 2.04. The molecule has 92 valence electrons. The standard InChI is InChI=1S/C15H10N2O2/c18-15(19)12-4-2-1-3-11(12)14-6-5-10-9-16-8-7-13(10)17-14/h1-9H,(H,18,19)/p-1. The van der Waals surface area contributed by atoms with Crippen molar-refractivity contribution in [1.82, 2.24) is 9.97 Å². The van der Waals surface area contributed by atoms with E-state index in [4.69, 9.17) is 0 Å². The molecule has 1 aromatic carbocycles. The lowest BCUT2D eigenvalue weighted by molar-refractivity contribution is -0.254. The number of hydrogen-bond donors (Lipinski definition) is 0. The van der Waals surface area contributed by atoms with Crippen molar-refractivity contribution in [2.45, 2.75) is 0 Å². The summed E-state index contributed by atoms with van der Waals surface area (Å²) < 4.78 is 0. The summed E-state index contributed by atoms with van der Waals surface area (Å²) in [5.41, 5.74) is 2.09. The summed E-state index contributed by atoms with van der Waals surface area (Å²) in [6.45, 7) is 0. The van der Waals surface area contributed by atoms with Crippen LogP contribution in [-0.4, -0.2) is 15.9 Å². The molecular formula is C15H9N2O2-. The van der Waals surface area contributed by atoms with E-state index in [0.29, 0.717) is 11.3 Å². The Bertz CT molecular complexity index is 769. The smallest absolute Gasteiger partial charge is 0.0740 e. The number of hydrogen-bond acceptors (Lipinski definition) is 4. The Balaban J connectivity index is 2.22. The van der Waals surface area contributed by atoms with Crippen molar-refractivity contribution in [1.29, 1.82) is 0 Å². The zero-order valence-corrected chi connectivity index (χ0v) is 9.91. The lowest BCUT2D eigenvalue weighted by Crippen LogP contribution is -2.23. The average Bonchev–Trinajstić information content (AvgIpc) is 2.46.